The number of hydrogen-bond donors (Lipinski definition) is 0. The molecular weight excluding hydrogens is 250 g/mol. The molecule has 0 bridgehead atoms. The Labute approximate surface area is 119 Å². The first-order valence-electron chi connectivity index (χ1n) is 6.74. The molecule has 0 amide bonds. The minimum absolute atomic E-state index is 0.911. The van der Waals surface area contributed by atoms with E-state index in [1.807, 2.05) is 12.1 Å². The Hall–Kier alpha value is -2.00. The van der Waals surface area contributed by atoms with Gasteiger partial charge in [0.2, 0.25) is 0 Å². The van der Waals surface area contributed by atoms with E-state index < -0.39 is 0 Å². The molecule has 0 N–H and O–H groups in total. The van der Waals surface area contributed by atoms with Gasteiger partial charge in [0.1, 0.15) is 11.5 Å². The molecule has 0 aromatic heterocycles. The number of fused-ring (bicyclic) bond motifs is 3. The standard InChI is InChI=1S/C17H19NO2/c1-18-10-12-8-14(19-2)4-6-16(12)17-7-5-15(20-3)9-13(17)11-18/h4-9H,10-11H2,1-3H3. The van der Waals surface area contributed by atoms with Crippen molar-refractivity contribution < 1.29 is 9.47 Å². The molecule has 2 aromatic carbocycles. The van der Waals surface area contributed by atoms with Gasteiger partial charge in [-0.2, -0.15) is 0 Å². The second-order valence-electron chi connectivity index (χ2n) is 5.22. The molecule has 0 aliphatic carbocycles. The molecule has 3 rings (SSSR count). The van der Waals surface area contributed by atoms with Crippen molar-refractivity contribution in [2.45, 2.75) is 13.1 Å². The van der Waals surface area contributed by atoms with E-state index in [2.05, 4.69) is 36.2 Å². The summed E-state index contributed by atoms with van der Waals surface area (Å²) in [5, 5.41) is 0. The molecule has 0 fully saturated rings. The van der Waals surface area contributed by atoms with E-state index in [-0.39, 0.29) is 0 Å². The topological polar surface area (TPSA) is 21.7 Å². The minimum atomic E-state index is 0.911. The zero-order chi connectivity index (χ0) is 14.1. The molecule has 0 saturated heterocycles. The summed E-state index contributed by atoms with van der Waals surface area (Å²) in [5.74, 6) is 1.82. The highest BCUT2D eigenvalue weighted by Gasteiger charge is 2.18. The van der Waals surface area contributed by atoms with Gasteiger partial charge in [0, 0.05) is 13.1 Å². The number of methoxy groups -OCH3 is 2. The van der Waals surface area contributed by atoms with Crippen LogP contribution in [0.25, 0.3) is 11.1 Å². The Morgan fingerprint density at radius 3 is 1.65 bits per heavy atom. The summed E-state index contributed by atoms with van der Waals surface area (Å²) < 4.78 is 10.7. The molecule has 0 atom stereocenters. The van der Waals surface area contributed by atoms with E-state index in [0.29, 0.717) is 0 Å². The molecule has 1 heterocycles. The smallest absolute Gasteiger partial charge is 0.119 e. The third-order valence-electron chi connectivity index (χ3n) is 3.80. The highest BCUT2D eigenvalue weighted by molar-refractivity contribution is 5.73. The molecule has 0 saturated carbocycles. The van der Waals surface area contributed by atoms with Crippen molar-refractivity contribution in [2.24, 2.45) is 0 Å². The number of nitrogens with zero attached hydrogens (tertiary/aromatic N) is 1. The molecule has 1 aliphatic rings. The lowest BCUT2D eigenvalue weighted by Crippen LogP contribution is -2.15. The Bertz CT molecular complexity index is 581. The van der Waals surface area contributed by atoms with Crippen molar-refractivity contribution in [1.82, 2.24) is 4.90 Å². The summed E-state index contributed by atoms with van der Waals surface area (Å²) in [5.41, 5.74) is 5.17. The van der Waals surface area contributed by atoms with Crippen LogP contribution < -0.4 is 9.47 Å². The Morgan fingerprint density at radius 2 is 1.25 bits per heavy atom. The van der Waals surface area contributed by atoms with Crippen molar-refractivity contribution in [3.63, 3.8) is 0 Å². The van der Waals surface area contributed by atoms with E-state index in [1.54, 1.807) is 14.2 Å². The van der Waals surface area contributed by atoms with Gasteiger partial charge < -0.3 is 9.47 Å². The van der Waals surface area contributed by atoms with Gasteiger partial charge in [-0.15, -0.1) is 0 Å². The number of benzene rings is 2. The van der Waals surface area contributed by atoms with E-state index in [9.17, 15) is 0 Å². The molecule has 2 aromatic rings. The highest BCUT2D eigenvalue weighted by atomic mass is 16.5. The summed E-state index contributed by atoms with van der Waals surface area (Å²) in [6.45, 7) is 1.84. The zero-order valence-corrected chi connectivity index (χ0v) is 12.1. The van der Waals surface area contributed by atoms with E-state index in [4.69, 9.17) is 9.47 Å². The molecule has 0 spiro atoms. The van der Waals surface area contributed by atoms with E-state index >= 15 is 0 Å². The fourth-order valence-electron chi connectivity index (χ4n) is 2.82. The number of hydrogen-bond acceptors (Lipinski definition) is 3. The highest BCUT2D eigenvalue weighted by Crippen LogP contribution is 2.35. The summed E-state index contributed by atoms with van der Waals surface area (Å²) in [4.78, 5) is 2.31. The van der Waals surface area contributed by atoms with E-state index in [1.165, 1.54) is 22.3 Å². The maximum atomic E-state index is 5.34. The average Bonchev–Trinajstić information content (AvgIpc) is 2.60. The van der Waals surface area contributed by atoms with Gasteiger partial charge in [-0.25, -0.2) is 0 Å². The quantitative estimate of drug-likeness (QED) is 0.835. The lowest BCUT2D eigenvalue weighted by atomic mass is 9.96. The van der Waals surface area contributed by atoms with Crippen LogP contribution in [0.3, 0.4) is 0 Å². The first kappa shape index (κ1) is 13.0. The van der Waals surface area contributed by atoms with Crippen LogP contribution >= 0.6 is 0 Å². The first-order valence-corrected chi connectivity index (χ1v) is 6.74. The van der Waals surface area contributed by atoms with Crippen LogP contribution in [0, 0.1) is 0 Å². The molecule has 0 unspecified atom stereocenters. The lowest BCUT2D eigenvalue weighted by molar-refractivity contribution is 0.321. The first-order chi connectivity index (χ1) is 9.71. The maximum Gasteiger partial charge on any atom is 0.119 e. The second kappa shape index (κ2) is 5.17. The summed E-state index contributed by atoms with van der Waals surface area (Å²) in [6.07, 6.45) is 0. The van der Waals surface area contributed by atoms with Crippen LogP contribution in [0.2, 0.25) is 0 Å². The number of rotatable bonds is 2. The Kier molecular flexibility index (Phi) is 3.36. The van der Waals surface area contributed by atoms with Crippen molar-refractivity contribution in [3.8, 4) is 22.6 Å². The summed E-state index contributed by atoms with van der Waals surface area (Å²) in [6, 6.07) is 12.6. The summed E-state index contributed by atoms with van der Waals surface area (Å²) in [7, 11) is 5.56. The maximum absolute atomic E-state index is 5.34. The van der Waals surface area contributed by atoms with Gasteiger partial charge in [-0.1, -0.05) is 12.1 Å². The van der Waals surface area contributed by atoms with Crippen LogP contribution in [0.15, 0.2) is 36.4 Å². The van der Waals surface area contributed by atoms with Gasteiger partial charge in [0.25, 0.3) is 0 Å². The van der Waals surface area contributed by atoms with Crippen molar-refractivity contribution in [3.05, 3.63) is 47.5 Å². The van der Waals surface area contributed by atoms with Gasteiger partial charge in [0.15, 0.2) is 0 Å². The van der Waals surface area contributed by atoms with Gasteiger partial charge >= 0.3 is 0 Å². The monoisotopic (exact) mass is 269 g/mol. The second-order valence-corrected chi connectivity index (χ2v) is 5.22. The van der Waals surface area contributed by atoms with Gasteiger partial charge in [-0.3, -0.25) is 4.90 Å². The summed E-state index contributed by atoms with van der Waals surface area (Å²) >= 11 is 0. The fourth-order valence-corrected chi connectivity index (χ4v) is 2.82. The average molecular weight is 269 g/mol. The van der Waals surface area contributed by atoms with Crippen molar-refractivity contribution in [2.75, 3.05) is 21.3 Å². The Morgan fingerprint density at radius 1 is 0.800 bits per heavy atom. The normalized spacial score (nSPS) is 14.2. The van der Waals surface area contributed by atoms with Crippen molar-refractivity contribution >= 4 is 0 Å². The van der Waals surface area contributed by atoms with Crippen molar-refractivity contribution in [1.29, 1.82) is 0 Å². The third kappa shape index (κ3) is 2.25. The van der Waals surface area contributed by atoms with Gasteiger partial charge in [-0.05, 0) is 53.6 Å². The lowest BCUT2D eigenvalue weighted by Gasteiger charge is -2.14. The van der Waals surface area contributed by atoms with Gasteiger partial charge in [0.05, 0.1) is 14.2 Å². The van der Waals surface area contributed by atoms with E-state index in [0.717, 1.165) is 24.6 Å². The fraction of sp³-hybridized carbons (Fsp3) is 0.294. The molecule has 3 nitrogen and oxygen atoms in total. The van der Waals surface area contributed by atoms with Crippen LogP contribution in [-0.4, -0.2) is 26.2 Å². The molecule has 0 radical (unpaired) electrons. The number of ether oxygens (including phenoxy) is 2. The molecule has 104 valence electrons. The third-order valence-corrected chi connectivity index (χ3v) is 3.80. The van der Waals surface area contributed by atoms with Crippen LogP contribution in [0.1, 0.15) is 11.1 Å². The zero-order valence-electron chi connectivity index (χ0n) is 12.1. The Balaban J connectivity index is 2.17. The molecule has 20 heavy (non-hydrogen) atoms. The van der Waals surface area contributed by atoms with Crippen LogP contribution in [-0.2, 0) is 13.1 Å². The SMILES string of the molecule is COc1ccc2c(c1)CN(C)Cc1cc(OC)ccc1-2. The largest absolute Gasteiger partial charge is 0.497 e. The minimum Gasteiger partial charge on any atom is -0.497 e. The van der Waals surface area contributed by atoms with Crippen LogP contribution in [0.4, 0.5) is 0 Å². The molecular formula is C17H19NO2. The molecule has 1 aliphatic heterocycles. The van der Waals surface area contributed by atoms with Crippen LogP contribution in [0.5, 0.6) is 11.5 Å². The predicted molar refractivity (Wildman–Crippen MR) is 80.2 cm³/mol. The predicted octanol–water partition coefficient (Wildman–Crippen LogP) is 3.32. The molecule has 3 heteroatoms.